The predicted molar refractivity (Wildman–Crippen MR) is 60.8 cm³/mol. The van der Waals surface area contributed by atoms with Crippen LogP contribution in [0.2, 0.25) is 0 Å². The van der Waals surface area contributed by atoms with E-state index in [1.165, 1.54) is 11.1 Å². The van der Waals surface area contributed by atoms with Gasteiger partial charge in [-0.15, -0.1) is 0 Å². The summed E-state index contributed by atoms with van der Waals surface area (Å²) in [5.74, 6) is 1.04. The molecule has 0 aliphatic carbocycles. The zero-order valence-electron chi connectivity index (χ0n) is 8.60. The average molecular weight is 256 g/mol. The van der Waals surface area contributed by atoms with Crippen LogP contribution in [-0.2, 0) is 0 Å². The summed E-state index contributed by atoms with van der Waals surface area (Å²) < 4.78 is 6.93. The highest BCUT2D eigenvalue weighted by Crippen LogP contribution is 2.40. The van der Waals surface area contributed by atoms with Gasteiger partial charge in [0, 0.05) is 10.0 Å². The third-order valence-corrected chi connectivity index (χ3v) is 3.15. The molecule has 3 heteroatoms. The van der Waals surface area contributed by atoms with Gasteiger partial charge in [0.15, 0.2) is 0 Å². The lowest BCUT2D eigenvalue weighted by molar-refractivity contribution is 0.213. The maximum Gasteiger partial charge on any atom is 0.127 e. The van der Waals surface area contributed by atoms with E-state index >= 15 is 0 Å². The monoisotopic (exact) mass is 255 g/mol. The molecule has 0 saturated heterocycles. The Morgan fingerprint density at radius 3 is 2.79 bits per heavy atom. The summed E-state index contributed by atoms with van der Waals surface area (Å²) in [6, 6.07) is 4.53. The van der Waals surface area contributed by atoms with E-state index in [1.807, 2.05) is 7.05 Å². The second-order valence-corrected chi connectivity index (χ2v) is 4.65. The maximum atomic E-state index is 5.81. The van der Waals surface area contributed by atoms with Crippen molar-refractivity contribution < 1.29 is 4.74 Å². The lowest BCUT2D eigenvalue weighted by atomic mass is 10.0. The minimum atomic E-state index is 0.211. The van der Waals surface area contributed by atoms with Crippen LogP contribution >= 0.6 is 15.9 Å². The van der Waals surface area contributed by atoms with Gasteiger partial charge in [0.25, 0.3) is 0 Å². The van der Waals surface area contributed by atoms with Crippen LogP contribution < -0.4 is 10.1 Å². The van der Waals surface area contributed by atoms with Crippen LogP contribution in [-0.4, -0.2) is 13.2 Å². The van der Waals surface area contributed by atoms with E-state index in [-0.39, 0.29) is 6.10 Å². The van der Waals surface area contributed by atoms with Crippen molar-refractivity contribution in [3.05, 3.63) is 27.7 Å². The molecule has 0 spiro atoms. The van der Waals surface area contributed by atoms with Crippen LogP contribution in [0, 0.1) is 6.92 Å². The summed E-state index contributed by atoms with van der Waals surface area (Å²) >= 11 is 3.51. The summed E-state index contributed by atoms with van der Waals surface area (Å²) in [6.07, 6.45) is 0.211. The Labute approximate surface area is 92.8 Å². The Morgan fingerprint density at radius 1 is 1.43 bits per heavy atom. The Morgan fingerprint density at radius 2 is 2.14 bits per heavy atom. The van der Waals surface area contributed by atoms with Gasteiger partial charge in [-0.05, 0) is 38.6 Å². The van der Waals surface area contributed by atoms with Gasteiger partial charge < -0.3 is 10.1 Å². The number of ether oxygens (including phenoxy) is 1. The number of fused-ring (bicyclic) bond motifs is 1. The molecule has 0 fully saturated rings. The van der Waals surface area contributed by atoms with E-state index in [0.29, 0.717) is 6.04 Å². The second-order valence-electron chi connectivity index (χ2n) is 3.73. The van der Waals surface area contributed by atoms with E-state index in [9.17, 15) is 0 Å². The highest BCUT2D eigenvalue weighted by molar-refractivity contribution is 9.10. The summed E-state index contributed by atoms with van der Waals surface area (Å²) in [6.45, 7) is 4.17. The molecule has 2 nitrogen and oxygen atoms in total. The molecular weight excluding hydrogens is 242 g/mol. The lowest BCUT2D eigenvalue weighted by Crippen LogP contribution is -2.25. The van der Waals surface area contributed by atoms with Gasteiger partial charge in [-0.1, -0.05) is 15.9 Å². The number of likely N-dealkylation sites (N-methyl/N-ethyl adjacent to an activating group) is 1. The minimum Gasteiger partial charge on any atom is -0.488 e. The molecule has 0 aromatic heterocycles. The lowest BCUT2D eigenvalue weighted by Gasteiger charge is -2.12. The van der Waals surface area contributed by atoms with Gasteiger partial charge in [0.2, 0.25) is 0 Å². The largest absolute Gasteiger partial charge is 0.488 e. The molecule has 0 radical (unpaired) electrons. The predicted octanol–water partition coefficient (Wildman–Crippen LogP) is 2.80. The molecule has 1 N–H and O–H groups in total. The number of nitrogens with one attached hydrogen (secondary N) is 1. The summed E-state index contributed by atoms with van der Waals surface area (Å²) in [5, 5.41) is 3.28. The summed E-state index contributed by atoms with van der Waals surface area (Å²) in [4.78, 5) is 0. The van der Waals surface area contributed by atoms with Crippen LogP contribution in [0.25, 0.3) is 0 Å². The van der Waals surface area contributed by atoms with E-state index in [1.54, 1.807) is 0 Å². The molecule has 14 heavy (non-hydrogen) atoms. The van der Waals surface area contributed by atoms with Gasteiger partial charge in [-0.25, -0.2) is 0 Å². The van der Waals surface area contributed by atoms with Gasteiger partial charge in [-0.2, -0.15) is 0 Å². The molecule has 1 aliphatic heterocycles. The normalized spacial score (nSPS) is 24.6. The van der Waals surface area contributed by atoms with Crippen molar-refractivity contribution in [2.45, 2.75) is 26.0 Å². The average Bonchev–Trinajstić information content (AvgIpc) is 2.41. The van der Waals surface area contributed by atoms with Crippen molar-refractivity contribution in [1.29, 1.82) is 0 Å². The number of benzene rings is 1. The van der Waals surface area contributed by atoms with Crippen molar-refractivity contribution in [2.75, 3.05) is 7.05 Å². The van der Waals surface area contributed by atoms with Crippen molar-refractivity contribution >= 4 is 15.9 Å². The van der Waals surface area contributed by atoms with E-state index in [0.717, 1.165) is 10.2 Å². The number of rotatable bonds is 1. The van der Waals surface area contributed by atoms with Crippen molar-refractivity contribution in [3.8, 4) is 5.75 Å². The van der Waals surface area contributed by atoms with Crippen LogP contribution in [0.3, 0.4) is 0 Å². The van der Waals surface area contributed by atoms with E-state index < -0.39 is 0 Å². The molecule has 2 atom stereocenters. The van der Waals surface area contributed by atoms with Crippen molar-refractivity contribution in [2.24, 2.45) is 0 Å². The molecule has 0 bridgehead atoms. The Kier molecular flexibility index (Phi) is 2.54. The zero-order chi connectivity index (χ0) is 10.3. The van der Waals surface area contributed by atoms with E-state index in [4.69, 9.17) is 4.74 Å². The SMILES string of the molecule is CNC1c2cc(Br)cc(C)c2OC1C. The summed E-state index contributed by atoms with van der Waals surface area (Å²) in [7, 11) is 1.97. The second kappa shape index (κ2) is 3.55. The fraction of sp³-hybridized carbons (Fsp3) is 0.455. The number of hydrogen-bond acceptors (Lipinski definition) is 2. The molecule has 0 saturated carbocycles. The Balaban J connectivity index is 2.53. The molecular formula is C11H14BrNO. The zero-order valence-corrected chi connectivity index (χ0v) is 10.2. The fourth-order valence-electron chi connectivity index (χ4n) is 2.04. The van der Waals surface area contributed by atoms with Gasteiger partial charge in [0.05, 0.1) is 6.04 Å². The molecule has 1 aliphatic rings. The molecule has 1 aromatic rings. The topological polar surface area (TPSA) is 21.3 Å². The van der Waals surface area contributed by atoms with Crippen molar-refractivity contribution in [3.63, 3.8) is 0 Å². The molecule has 76 valence electrons. The Hall–Kier alpha value is -0.540. The smallest absolute Gasteiger partial charge is 0.127 e. The maximum absolute atomic E-state index is 5.81. The summed E-state index contributed by atoms with van der Waals surface area (Å²) in [5.41, 5.74) is 2.45. The molecule has 2 rings (SSSR count). The quantitative estimate of drug-likeness (QED) is 0.834. The van der Waals surface area contributed by atoms with Crippen molar-refractivity contribution in [1.82, 2.24) is 5.32 Å². The molecule has 1 heterocycles. The molecule has 2 unspecified atom stereocenters. The van der Waals surface area contributed by atoms with Crippen LogP contribution in [0.1, 0.15) is 24.1 Å². The van der Waals surface area contributed by atoms with Gasteiger partial charge >= 0.3 is 0 Å². The first-order valence-electron chi connectivity index (χ1n) is 4.77. The van der Waals surface area contributed by atoms with E-state index in [2.05, 4.69) is 47.2 Å². The minimum absolute atomic E-state index is 0.211. The Bertz CT molecular complexity index is 365. The number of aryl methyl sites for hydroxylation is 1. The highest BCUT2D eigenvalue weighted by atomic mass is 79.9. The van der Waals surface area contributed by atoms with Crippen LogP contribution in [0.4, 0.5) is 0 Å². The number of hydrogen-bond donors (Lipinski definition) is 1. The van der Waals surface area contributed by atoms with Gasteiger partial charge in [-0.3, -0.25) is 0 Å². The van der Waals surface area contributed by atoms with Crippen LogP contribution in [0.15, 0.2) is 16.6 Å². The standard InChI is InChI=1S/C11H14BrNO/c1-6-4-8(12)5-9-10(13-3)7(2)14-11(6)9/h4-5,7,10,13H,1-3H3. The first-order valence-corrected chi connectivity index (χ1v) is 5.56. The fourth-order valence-corrected chi connectivity index (χ4v) is 2.63. The first kappa shape index (κ1) is 9.99. The highest BCUT2D eigenvalue weighted by Gasteiger charge is 2.31. The molecule has 0 amide bonds. The first-order chi connectivity index (χ1) is 6.63. The number of halogens is 1. The third-order valence-electron chi connectivity index (χ3n) is 2.69. The molecule has 1 aromatic carbocycles. The van der Waals surface area contributed by atoms with Gasteiger partial charge in [0.1, 0.15) is 11.9 Å². The third kappa shape index (κ3) is 1.44. The van der Waals surface area contributed by atoms with Crippen LogP contribution in [0.5, 0.6) is 5.75 Å².